The van der Waals surface area contributed by atoms with E-state index in [0.717, 1.165) is 24.9 Å². The maximum atomic E-state index is 13.2. The second-order valence-corrected chi connectivity index (χ2v) is 8.10. The van der Waals surface area contributed by atoms with E-state index in [9.17, 15) is 14.0 Å². The van der Waals surface area contributed by atoms with Crippen LogP contribution in [0.25, 0.3) is 0 Å². The molecule has 0 bridgehead atoms. The summed E-state index contributed by atoms with van der Waals surface area (Å²) in [7, 11) is 0. The lowest BCUT2D eigenvalue weighted by molar-refractivity contribution is -0.134. The van der Waals surface area contributed by atoms with Crippen LogP contribution in [0.4, 0.5) is 4.39 Å². The summed E-state index contributed by atoms with van der Waals surface area (Å²) in [5, 5.41) is 3.02. The zero-order chi connectivity index (χ0) is 19.4. The number of nitrogens with zero attached hydrogens (tertiary/aromatic N) is 2. The fourth-order valence-corrected chi connectivity index (χ4v) is 3.59. The summed E-state index contributed by atoms with van der Waals surface area (Å²) in [4.78, 5) is 28.9. The van der Waals surface area contributed by atoms with Gasteiger partial charge in [0, 0.05) is 51.1 Å². The highest BCUT2D eigenvalue weighted by Gasteiger charge is 2.32. The molecule has 0 aromatic heterocycles. The van der Waals surface area contributed by atoms with Gasteiger partial charge in [-0.3, -0.25) is 9.59 Å². The van der Waals surface area contributed by atoms with Crippen LogP contribution in [0, 0.1) is 11.7 Å². The summed E-state index contributed by atoms with van der Waals surface area (Å²) in [5.74, 6) is 0.271. The molecule has 148 valence electrons. The molecule has 1 atom stereocenters. The Morgan fingerprint density at radius 3 is 2.59 bits per heavy atom. The molecule has 27 heavy (non-hydrogen) atoms. The van der Waals surface area contributed by atoms with E-state index in [-0.39, 0.29) is 23.7 Å². The Labute approximate surface area is 160 Å². The van der Waals surface area contributed by atoms with Gasteiger partial charge < -0.3 is 15.1 Å². The van der Waals surface area contributed by atoms with Crippen molar-refractivity contribution in [3.63, 3.8) is 0 Å². The Kier molecular flexibility index (Phi) is 6.47. The molecule has 3 rings (SSSR count). The second kappa shape index (κ2) is 8.83. The van der Waals surface area contributed by atoms with Crippen LogP contribution in [-0.4, -0.2) is 53.3 Å². The molecule has 1 heterocycles. The van der Waals surface area contributed by atoms with Gasteiger partial charge in [0.2, 0.25) is 11.8 Å². The van der Waals surface area contributed by atoms with Crippen molar-refractivity contribution in [1.29, 1.82) is 0 Å². The third-order valence-electron chi connectivity index (χ3n) is 5.44. The number of benzene rings is 1. The van der Waals surface area contributed by atoms with Crippen LogP contribution in [0.5, 0.6) is 0 Å². The minimum absolute atomic E-state index is 0.0801. The van der Waals surface area contributed by atoms with Crippen LogP contribution in [-0.2, 0) is 16.1 Å². The topological polar surface area (TPSA) is 52.7 Å². The van der Waals surface area contributed by atoms with Gasteiger partial charge in [-0.15, -0.1) is 0 Å². The second-order valence-electron chi connectivity index (χ2n) is 8.10. The number of halogens is 1. The number of nitrogens with one attached hydrogen (secondary N) is 1. The zero-order valence-electron chi connectivity index (χ0n) is 16.3. The van der Waals surface area contributed by atoms with Gasteiger partial charge in [0.15, 0.2) is 0 Å². The summed E-state index contributed by atoms with van der Waals surface area (Å²) in [6.07, 6.45) is 3.12. The van der Waals surface area contributed by atoms with Gasteiger partial charge in [-0.1, -0.05) is 26.0 Å². The standard InChI is InChI=1S/C21H30FN3O2/c1-15(2)19-14-24(11-9-20(26)23-18-7-8-18)12-10-21(27)25(19)13-16-3-5-17(22)6-4-16/h3-6,15,18-19H,7-14H2,1-2H3,(H,23,26). The molecule has 1 aromatic rings. The Morgan fingerprint density at radius 2 is 1.96 bits per heavy atom. The summed E-state index contributed by atoms with van der Waals surface area (Å²) in [6.45, 7) is 6.87. The lowest BCUT2D eigenvalue weighted by atomic mass is 10.0. The van der Waals surface area contributed by atoms with Crippen molar-refractivity contribution < 1.29 is 14.0 Å². The van der Waals surface area contributed by atoms with E-state index >= 15 is 0 Å². The number of rotatable bonds is 7. The quantitative estimate of drug-likeness (QED) is 0.797. The van der Waals surface area contributed by atoms with E-state index < -0.39 is 0 Å². The number of carbonyl (C=O) groups excluding carboxylic acids is 2. The highest BCUT2D eigenvalue weighted by atomic mass is 19.1. The van der Waals surface area contributed by atoms with Crippen LogP contribution in [0.2, 0.25) is 0 Å². The minimum Gasteiger partial charge on any atom is -0.353 e. The average molecular weight is 375 g/mol. The van der Waals surface area contributed by atoms with Gasteiger partial charge in [0.05, 0.1) is 0 Å². The molecule has 1 aliphatic carbocycles. The molecule has 1 N–H and O–H groups in total. The van der Waals surface area contributed by atoms with E-state index in [2.05, 4.69) is 24.1 Å². The van der Waals surface area contributed by atoms with Gasteiger partial charge in [-0.25, -0.2) is 4.39 Å². The van der Waals surface area contributed by atoms with Crippen LogP contribution in [0.3, 0.4) is 0 Å². The molecule has 1 aromatic carbocycles. The third kappa shape index (κ3) is 5.76. The maximum Gasteiger partial charge on any atom is 0.224 e. The number of hydrogen-bond donors (Lipinski definition) is 1. The van der Waals surface area contributed by atoms with Crippen molar-refractivity contribution in [1.82, 2.24) is 15.1 Å². The van der Waals surface area contributed by atoms with Gasteiger partial charge >= 0.3 is 0 Å². The van der Waals surface area contributed by atoms with Crippen molar-refractivity contribution in [2.24, 2.45) is 5.92 Å². The highest BCUT2D eigenvalue weighted by molar-refractivity contribution is 5.77. The third-order valence-corrected chi connectivity index (χ3v) is 5.44. The van der Waals surface area contributed by atoms with Crippen molar-refractivity contribution in [2.45, 2.75) is 58.2 Å². The van der Waals surface area contributed by atoms with Crippen LogP contribution in [0.1, 0.15) is 45.1 Å². The molecular formula is C21H30FN3O2. The smallest absolute Gasteiger partial charge is 0.224 e. The van der Waals surface area contributed by atoms with E-state index in [1.165, 1.54) is 12.1 Å². The molecule has 1 unspecified atom stereocenters. The van der Waals surface area contributed by atoms with Crippen molar-refractivity contribution in [3.05, 3.63) is 35.6 Å². The SMILES string of the molecule is CC(C)C1CN(CCC(=O)NC2CC2)CCC(=O)N1Cc1ccc(F)cc1. The van der Waals surface area contributed by atoms with Crippen LogP contribution in [0.15, 0.2) is 24.3 Å². The molecule has 2 amide bonds. The predicted molar refractivity (Wildman–Crippen MR) is 102 cm³/mol. The Balaban J connectivity index is 1.62. The lowest BCUT2D eigenvalue weighted by Crippen LogP contribution is -2.46. The molecule has 5 nitrogen and oxygen atoms in total. The first kappa shape index (κ1) is 19.8. The van der Waals surface area contributed by atoms with Crippen molar-refractivity contribution in [3.8, 4) is 0 Å². The monoisotopic (exact) mass is 375 g/mol. The van der Waals surface area contributed by atoms with Gasteiger partial charge in [-0.2, -0.15) is 0 Å². The average Bonchev–Trinajstić information content (AvgIpc) is 3.45. The maximum absolute atomic E-state index is 13.2. The molecule has 2 fully saturated rings. The number of carbonyl (C=O) groups is 2. The van der Waals surface area contributed by atoms with Crippen LogP contribution < -0.4 is 5.32 Å². The van der Waals surface area contributed by atoms with E-state index in [0.29, 0.717) is 44.4 Å². The largest absolute Gasteiger partial charge is 0.353 e. The van der Waals surface area contributed by atoms with E-state index in [1.54, 1.807) is 12.1 Å². The van der Waals surface area contributed by atoms with Gasteiger partial charge in [-0.05, 0) is 36.5 Å². The summed E-state index contributed by atoms with van der Waals surface area (Å²) < 4.78 is 13.2. The Hall–Kier alpha value is -1.95. The molecule has 1 saturated heterocycles. The first-order valence-corrected chi connectivity index (χ1v) is 9.98. The summed E-state index contributed by atoms with van der Waals surface area (Å²) in [6, 6.07) is 6.82. The molecule has 1 aliphatic heterocycles. The predicted octanol–water partition coefficient (Wildman–Crippen LogP) is 2.55. The van der Waals surface area contributed by atoms with Crippen molar-refractivity contribution >= 4 is 11.8 Å². The lowest BCUT2D eigenvalue weighted by Gasteiger charge is -2.35. The minimum atomic E-state index is -0.267. The first-order chi connectivity index (χ1) is 12.9. The summed E-state index contributed by atoms with van der Waals surface area (Å²) >= 11 is 0. The number of hydrogen-bond acceptors (Lipinski definition) is 3. The molecular weight excluding hydrogens is 345 g/mol. The molecule has 2 aliphatic rings. The van der Waals surface area contributed by atoms with Crippen molar-refractivity contribution in [2.75, 3.05) is 19.6 Å². The van der Waals surface area contributed by atoms with Gasteiger partial charge in [0.1, 0.15) is 5.82 Å². The molecule has 1 saturated carbocycles. The highest BCUT2D eigenvalue weighted by Crippen LogP contribution is 2.22. The van der Waals surface area contributed by atoms with Crippen LogP contribution >= 0.6 is 0 Å². The number of amides is 2. The summed E-state index contributed by atoms with van der Waals surface area (Å²) in [5.41, 5.74) is 0.938. The molecule has 0 radical (unpaired) electrons. The van der Waals surface area contributed by atoms with E-state index in [4.69, 9.17) is 0 Å². The normalized spacial score (nSPS) is 21.4. The fourth-order valence-electron chi connectivity index (χ4n) is 3.59. The fraction of sp³-hybridized carbons (Fsp3) is 0.619. The van der Waals surface area contributed by atoms with E-state index in [1.807, 2.05) is 4.90 Å². The first-order valence-electron chi connectivity index (χ1n) is 9.98. The Bertz CT molecular complexity index is 658. The Morgan fingerprint density at radius 1 is 1.26 bits per heavy atom. The zero-order valence-corrected chi connectivity index (χ0v) is 16.3. The molecule has 0 spiro atoms. The van der Waals surface area contributed by atoms with Gasteiger partial charge in [0.25, 0.3) is 0 Å². The molecule has 6 heteroatoms.